The van der Waals surface area contributed by atoms with Gasteiger partial charge in [-0.3, -0.25) is 0 Å². The zero-order valence-corrected chi connectivity index (χ0v) is 14.7. The van der Waals surface area contributed by atoms with Crippen molar-refractivity contribution in [2.24, 2.45) is 11.0 Å². The number of nitrogens with one attached hydrogen (secondary N) is 1. The Morgan fingerprint density at radius 2 is 1.73 bits per heavy atom. The molecule has 1 aliphatic rings. The van der Waals surface area contributed by atoms with Crippen molar-refractivity contribution >= 4 is 5.71 Å². The fourth-order valence-corrected chi connectivity index (χ4v) is 2.65. The fraction of sp³-hybridized carbons (Fsp3) is 0.450. The van der Waals surface area contributed by atoms with Crippen molar-refractivity contribution < 1.29 is 0 Å². The lowest BCUT2D eigenvalue weighted by Gasteiger charge is -2.20. The predicted molar refractivity (Wildman–Crippen MR) is 96.1 cm³/mol. The third kappa shape index (κ3) is 4.09. The summed E-state index contributed by atoms with van der Waals surface area (Å²) < 4.78 is 0. The second-order valence-electron chi connectivity index (χ2n) is 7.25. The van der Waals surface area contributed by atoms with Crippen LogP contribution in [0.2, 0.25) is 0 Å². The van der Waals surface area contributed by atoms with Gasteiger partial charge in [0.2, 0.25) is 0 Å². The maximum atomic E-state index is 4.73. The number of nitrogens with zero attached hydrogens (tertiary/aromatic N) is 1. The molecule has 1 atom stereocenters. The van der Waals surface area contributed by atoms with Crippen LogP contribution in [0.1, 0.15) is 53.5 Å². The molecule has 22 heavy (non-hydrogen) atoms. The summed E-state index contributed by atoms with van der Waals surface area (Å²) in [5.74, 6) is 0.459. The van der Waals surface area contributed by atoms with E-state index < -0.39 is 0 Å². The van der Waals surface area contributed by atoms with Crippen LogP contribution in [0, 0.1) is 5.92 Å². The maximum Gasteiger partial charge on any atom is 0.0684 e. The molecular weight excluding hydrogens is 268 g/mol. The van der Waals surface area contributed by atoms with Crippen molar-refractivity contribution in [1.82, 2.24) is 5.43 Å². The van der Waals surface area contributed by atoms with Gasteiger partial charge in [0.1, 0.15) is 0 Å². The predicted octanol–water partition coefficient (Wildman–Crippen LogP) is 5.08. The Hall–Kier alpha value is -1.83. The van der Waals surface area contributed by atoms with Crippen LogP contribution in [0.5, 0.6) is 0 Å². The molecule has 1 unspecified atom stereocenters. The third-order valence-electron chi connectivity index (χ3n) is 4.24. The van der Waals surface area contributed by atoms with E-state index in [9.17, 15) is 0 Å². The van der Waals surface area contributed by atoms with E-state index in [2.05, 4.69) is 77.3 Å². The summed E-state index contributed by atoms with van der Waals surface area (Å²) in [6.07, 6.45) is 3.31. The Morgan fingerprint density at radius 1 is 1.09 bits per heavy atom. The first-order valence-electron chi connectivity index (χ1n) is 8.03. The minimum absolute atomic E-state index is 0.0255. The Morgan fingerprint density at radius 3 is 2.23 bits per heavy atom. The molecule has 0 aliphatic heterocycles. The number of rotatable bonds is 4. The standard InChI is InChI=1S/C20H28N2/c1-14-12-18(16(3)15(14)2)13-19(21-22-20(4,5)6)17-10-8-7-9-11-17/h7-12,18,22H,13H2,1-6H3. The van der Waals surface area contributed by atoms with E-state index in [1.54, 1.807) is 0 Å². The first-order valence-corrected chi connectivity index (χ1v) is 8.03. The normalized spacial score (nSPS) is 19.5. The molecule has 1 aliphatic carbocycles. The topological polar surface area (TPSA) is 24.4 Å². The van der Waals surface area contributed by atoms with E-state index in [1.807, 2.05) is 6.07 Å². The average Bonchev–Trinajstić information content (AvgIpc) is 2.70. The molecule has 0 radical (unpaired) electrons. The van der Waals surface area contributed by atoms with Crippen LogP contribution in [0.25, 0.3) is 0 Å². The molecule has 2 heteroatoms. The molecule has 0 saturated carbocycles. The Kier molecular flexibility index (Phi) is 4.90. The average molecular weight is 296 g/mol. The summed E-state index contributed by atoms with van der Waals surface area (Å²) in [6.45, 7) is 13.1. The lowest BCUT2D eigenvalue weighted by atomic mass is 9.93. The van der Waals surface area contributed by atoms with E-state index in [4.69, 9.17) is 5.10 Å². The number of hydrogen-bond acceptors (Lipinski definition) is 2. The molecule has 0 fully saturated rings. The van der Waals surface area contributed by atoms with Gasteiger partial charge in [-0.1, -0.05) is 47.6 Å². The van der Waals surface area contributed by atoms with Crippen molar-refractivity contribution in [3.8, 4) is 0 Å². The van der Waals surface area contributed by atoms with E-state index >= 15 is 0 Å². The number of allylic oxidation sites excluding steroid dienone is 4. The minimum atomic E-state index is -0.0255. The number of benzene rings is 1. The lowest BCUT2D eigenvalue weighted by molar-refractivity contribution is 0.440. The molecule has 1 aromatic rings. The van der Waals surface area contributed by atoms with Crippen LogP contribution in [-0.2, 0) is 0 Å². The smallest absolute Gasteiger partial charge is 0.0684 e. The van der Waals surface area contributed by atoms with Gasteiger partial charge in [0.25, 0.3) is 0 Å². The molecule has 1 N–H and O–H groups in total. The minimum Gasteiger partial charge on any atom is -0.305 e. The zero-order chi connectivity index (χ0) is 16.3. The molecule has 1 aromatic carbocycles. The van der Waals surface area contributed by atoms with E-state index in [0.29, 0.717) is 5.92 Å². The third-order valence-corrected chi connectivity index (χ3v) is 4.24. The largest absolute Gasteiger partial charge is 0.305 e. The first-order chi connectivity index (χ1) is 10.3. The van der Waals surface area contributed by atoms with Gasteiger partial charge in [0, 0.05) is 17.9 Å². The van der Waals surface area contributed by atoms with Gasteiger partial charge in [0.05, 0.1) is 5.71 Å². The molecule has 0 saturated heterocycles. The highest BCUT2D eigenvalue weighted by molar-refractivity contribution is 6.01. The van der Waals surface area contributed by atoms with Gasteiger partial charge in [0.15, 0.2) is 0 Å². The van der Waals surface area contributed by atoms with Crippen molar-refractivity contribution in [3.05, 3.63) is 58.7 Å². The molecular formula is C20H28N2. The van der Waals surface area contributed by atoms with Crippen molar-refractivity contribution in [2.45, 2.75) is 53.5 Å². The molecule has 0 aromatic heterocycles. The lowest BCUT2D eigenvalue weighted by Crippen LogP contribution is -2.32. The van der Waals surface area contributed by atoms with Crippen LogP contribution in [0.4, 0.5) is 0 Å². The highest BCUT2D eigenvalue weighted by atomic mass is 15.3. The second-order valence-corrected chi connectivity index (χ2v) is 7.25. The van der Waals surface area contributed by atoms with Crippen LogP contribution < -0.4 is 5.43 Å². The van der Waals surface area contributed by atoms with Crippen molar-refractivity contribution in [3.63, 3.8) is 0 Å². The van der Waals surface area contributed by atoms with Crippen molar-refractivity contribution in [2.75, 3.05) is 0 Å². The Bertz CT molecular complexity index is 613. The zero-order valence-electron chi connectivity index (χ0n) is 14.7. The van der Waals surface area contributed by atoms with Crippen LogP contribution >= 0.6 is 0 Å². The van der Waals surface area contributed by atoms with Crippen LogP contribution in [-0.4, -0.2) is 11.3 Å². The van der Waals surface area contributed by atoms with E-state index in [1.165, 1.54) is 22.3 Å². The van der Waals surface area contributed by atoms with E-state index in [0.717, 1.165) is 12.1 Å². The SMILES string of the molecule is CC1=CC(CC(=NNC(C)(C)C)c2ccccc2)C(C)=C1C. The quantitative estimate of drug-likeness (QED) is 0.608. The summed E-state index contributed by atoms with van der Waals surface area (Å²) in [5, 5.41) is 4.73. The van der Waals surface area contributed by atoms with Gasteiger partial charge in [-0.05, 0) is 52.7 Å². The highest BCUT2D eigenvalue weighted by Gasteiger charge is 2.21. The summed E-state index contributed by atoms with van der Waals surface area (Å²) in [6, 6.07) is 10.5. The number of hydrogen-bond donors (Lipinski definition) is 1. The van der Waals surface area contributed by atoms with Crippen LogP contribution in [0.3, 0.4) is 0 Å². The maximum absolute atomic E-state index is 4.73. The molecule has 2 rings (SSSR count). The summed E-state index contributed by atoms with van der Waals surface area (Å²) in [5.41, 5.74) is 9.88. The Labute approximate surface area is 135 Å². The van der Waals surface area contributed by atoms with Gasteiger partial charge < -0.3 is 5.43 Å². The molecule has 0 bridgehead atoms. The summed E-state index contributed by atoms with van der Waals surface area (Å²) in [7, 11) is 0. The highest BCUT2D eigenvalue weighted by Crippen LogP contribution is 2.33. The van der Waals surface area contributed by atoms with Gasteiger partial charge in [-0.2, -0.15) is 5.10 Å². The Balaban J connectivity index is 2.27. The van der Waals surface area contributed by atoms with Gasteiger partial charge in [-0.25, -0.2) is 0 Å². The van der Waals surface area contributed by atoms with Crippen molar-refractivity contribution in [1.29, 1.82) is 0 Å². The van der Waals surface area contributed by atoms with Gasteiger partial charge in [-0.15, -0.1) is 0 Å². The summed E-state index contributed by atoms with van der Waals surface area (Å²) >= 11 is 0. The molecule has 0 heterocycles. The van der Waals surface area contributed by atoms with E-state index in [-0.39, 0.29) is 5.54 Å². The summed E-state index contributed by atoms with van der Waals surface area (Å²) in [4.78, 5) is 0. The number of hydrazone groups is 1. The van der Waals surface area contributed by atoms with Gasteiger partial charge >= 0.3 is 0 Å². The monoisotopic (exact) mass is 296 g/mol. The molecule has 0 amide bonds. The fourth-order valence-electron chi connectivity index (χ4n) is 2.65. The molecule has 118 valence electrons. The molecule has 2 nitrogen and oxygen atoms in total. The first kappa shape index (κ1) is 16.5. The van der Waals surface area contributed by atoms with Crippen LogP contribution in [0.15, 0.2) is 58.2 Å². The second kappa shape index (κ2) is 6.51. The molecule has 0 spiro atoms.